The topological polar surface area (TPSA) is 101 Å². The summed E-state index contributed by atoms with van der Waals surface area (Å²) in [5, 5.41) is 18.2. The van der Waals surface area contributed by atoms with Crippen LogP contribution in [0.15, 0.2) is 18.5 Å². The molecule has 0 aromatic carbocycles. The number of rotatable bonds is 4. The van der Waals surface area contributed by atoms with Crippen LogP contribution < -0.4 is 5.32 Å². The Labute approximate surface area is 91.4 Å². The first kappa shape index (κ1) is 12.1. The molecule has 86 valence electrons. The minimum atomic E-state index is -1.08. The Balaban J connectivity index is 2.66. The van der Waals surface area contributed by atoms with Crippen molar-refractivity contribution in [2.45, 2.75) is 6.04 Å². The van der Waals surface area contributed by atoms with Crippen molar-refractivity contribution < 1.29 is 19.4 Å². The zero-order valence-electron chi connectivity index (χ0n) is 8.58. The maximum atomic E-state index is 11.5. The van der Waals surface area contributed by atoms with E-state index in [0.29, 0.717) is 0 Å². The number of ether oxygens (including phenoxy) is 1. The van der Waals surface area contributed by atoms with Gasteiger partial charge in [0.1, 0.15) is 0 Å². The highest BCUT2D eigenvalue weighted by Gasteiger charge is 2.20. The fourth-order valence-electron chi connectivity index (χ4n) is 0.988. The normalized spacial score (nSPS) is 11.6. The highest BCUT2D eigenvalue weighted by Crippen LogP contribution is 1.96. The summed E-state index contributed by atoms with van der Waals surface area (Å²) in [4.78, 5) is 22.6. The number of aromatic nitrogens is 2. The Morgan fingerprint density at radius 1 is 1.56 bits per heavy atom. The second kappa shape index (κ2) is 5.76. The summed E-state index contributed by atoms with van der Waals surface area (Å²) in [5.74, 6) is -1.24. The van der Waals surface area contributed by atoms with Gasteiger partial charge in [-0.3, -0.25) is 4.79 Å². The Morgan fingerprint density at radius 2 is 2.31 bits per heavy atom. The Bertz CT molecular complexity index is 368. The molecule has 1 aromatic rings. The molecule has 7 nitrogen and oxygen atoms in total. The second-order valence-corrected chi connectivity index (χ2v) is 2.86. The molecule has 0 saturated carbocycles. The third kappa shape index (κ3) is 2.99. The highest BCUT2D eigenvalue weighted by molar-refractivity contribution is 5.96. The number of nitrogens with zero attached hydrogens (tertiary/aromatic N) is 2. The second-order valence-electron chi connectivity index (χ2n) is 2.86. The third-order valence-corrected chi connectivity index (χ3v) is 1.82. The maximum Gasteiger partial charge on any atom is 0.330 e. The molecule has 0 radical (unpaired) electrons. The lowest BCUT2D eigenvalue weighted by Gasteiger charge is -2.13. The largest absolute Gasteiger partial charge is 0.467 e. The van der Waals surface area contributed by atoms with Gasteiger partial charge in [0.05, 0.1) is 31.7 Å². The van der Waals surface area contributed by atoms with Crippen LogP contribution in [0.4, 0.5) is 0 Å². The molecule has 1 atom stereocenters. The number of carbonyl (C=O) groups is 2. The molecule has 0 fully saturated rings. The zero-order chi connectivity index (χ0) is 12.0. The smallest absolute Gasteiger partial charge is 0.330 e. The summed E-state index contributed by atoms with van der Waals surface area (Å²) in [7, 11) is 1.17. The van der Waals surface area contributed by atoms with E-state index >= 15 is 0 Å². The molecule has 16 heavy (non-hydrogen) atoms. The first-order valence-corrected chi connectivity index (χ1v) is 4.45. The molecule has 0 spiro atoms. The number of nitrogens with one attached hydrogen (secondary N) is 1. The summed E-state index contributed by atoms with van der Waals surface area (Å²) in [5.41, 5.74) is 0.248. The van der Waals surface area contributed by atoms with Crippen molar-refractivity contribution in [3.63, 3.8) is 0 Å². The molecule has 0 bridgehead atoms. The van der Waals surface area contributed by atoms with Crippen LogP contribution in [0, 0.1) is 0 Å². The van der Waals surface area contributed by atoms with Gasteiger partial charge < -0.3 is 15.2 Å². The minimum absolute atomic E-state index is 0.248. The van der Waals surface area contributed by atoms with Crippen molar-refractivity contribution in [1.29, 1.82) is 0 Å². The SMILES string of the molecule is COC(=O)[C@H](CO)NC(=O)c1ccnnc1. The predicted octanol–water partition coefficient (Wildman–Crippen LogP) is -1.26. The van der Waals surface area contributed by atoms with Crippen molar-refractivity contribution in [2.75, 3.05) is 13.7 Å². The van der Waals surface area contributed by atoms with Crippen LogP contribution in [0.2, 0.25) is 0 Å². The molecule has 2 N–H and O–H groups in total. The van der Waals surface area contributed by atoms with Crippen LogP contribution in [-0.2, 0) is 9.53 Å². The summed E-state index contributed by atoms with van der Waals surface area (Å²) in [6.07, 6.45) is 2.60. The van der Waals surface area contributed by atoms with E-state index in [1.807, 2.05) is 0 Å². The van der Waals surface area contributed by atoms with E-state index in [1.54, 1.807) is 0 Å². The molecule has 0 aliphatic rings. The fourth-order valence-corrected chi connectivity index (χ4v) is 0.988. The Hall–Kier alpha value is -2.02. The number of hydrogen-bond acceptors (Lipinski definition) is 6. The molecule has 0 aliphatic heterocycles. The van der Waals surface area contributed by atoms with Gasteiger partial charge in [0, 0.05) is 0 Å². The predicted molar refractivity (Wildman–Crippen MR) is 52.4 cm³/mol. The zero-order valence-corrected chi connectivity index (χ0v) is 8.58. The standard InChI is InChI=1S/C9H11N3O4/c1-16-9(15)7(5-13)12-8(14)6-2-3-10-11-4-6/h2-4,7,13H,5H2,1H3,(H,12,14)/t7-/m0/s1. The lowest BCUT2D eigenvalue weighted by atomic mass is 10.2. The van der Waals surface area contributed by atoms with Crippen LogP contribution in [0.3, 0.4) is 0 Å². The number of aliphatic hydroxyl groups excluding tert-OH is 1. The van der Waals surface area contributed by atoms with Gasteiger partial charge in [-0.2, -0.15) is 10.2 Å². The van der Waals surface area contributed by atoms with E-state index in [2.05, 4.69) is 20.3 Å². The van der Waals surface area contributed by atoms with Crippen LogP contribution in [0.5, 0.6) is 0 Å². The number of aliphatic hydroxyl groups is 1. The number of amides is 1. The molecular formula is C9H11N3O4. The van der Waals surface area contributed by atoms with E-state index in [1.165, 1.54) is 25.6 Å². The molecule has 1 rings (SSSR count). The molecule has 0 unspecified atom stereocenters. The quantitative estimate of drug-likeness (QED) is 0.620. The van der Waals surface area contributed by atoms with Crippen molar-refractivity contribution in [2.24, 2.45) is 0 Å². The van der Waals surface area contributed by atoms with Crippen LogP contribution in [0.1, 0.15) is 10.4 Å². The van der Waals surface area contributed by atoms with Gasteiger partial charge in [-0.05, 0) is 6.07 Å². The van der Waals surface area contributed by atoms with Crippen LogP contribution >= 0.6 is 0 Å². The first-order valence-electron chi connectivity index (χ1n) is 4.45. The van der Waals surface area contributed by atoms with Gasteiger partial charge in [0.15, 0.2) is 6.04 Å². The molecule has 0 saturated heterocycles. The third-order valence-electron chi connectivity index (χ3n) is 1.82. The molecule has 1 aromatic heterocycles. The number of carbonyl (C=O) groups excluding carboxylic acids is 2. The monoisotopic (exact) mass is 225 g/mol. The maximum absolute atomic E-state index is 11.5. The van der Waals surface area contributed by atoms with E-state index in [4.69, 9.17) is 5.11 Å². The van der Waals surface area contributed by atoms with E-state index in [-0.39, 0.29) is 5.56 Å². The highest BCUT2D eigenvalue weighted by atomic mass is 16.5. The lowest BCUT2D eigenvalue weighted by molar-refractivity contribution is -0.143. The fraction of sp³-hybridized carbons (Fsp3) is 0.333. The summed E-state index contributed by atoms with van der Waals surface area (Å²) < 4.78 is 4.40. The average Bonchev–Trinajstić information content (AvgIpc) is 2.35. The average molecular weight is 225 g/mol. The van der Waals surface area contributed by atoms with E-state index in [9.17, 15) is 9.59 Å². The van der Waals surface area contributed by atoms with Crippen LogP contribution in [0.25, 0.3) is 0 Å². The molecule has 7 heteroatoms. The van der Waals surface area contributed by atoms with Crippen molar-refractivity contribution in [3.05, 3.63) is 24.0 Å². The summed E-state index contributed by atoms with van der Waals surface area (Å²) in [6.45, 7) is -0.531. The summed E-state index contributed by atoms with van der Waals surface area (Å²) in [6, 6.07) is 0.360. The first-order chi connectivity index (χ1) is 7.69. The van der Waals surface area contributed by atoms with Crippen molar-refractivity contribution in [1.82, 2.24) is 15.5 Å². The van der Waals surface area contributed by atoms with Crippen molar-refractivity contribution >= 4 is 11.9 Å². The van der Waals surface area contributed by atoms with Crippen molar-refractivity contribution in [3.8, 4) is 0 Å². The molecule has 0 aliphatic carbocycles. The lowest BCUT2D eigenvalue weighted by Crippen LogP contribution is -2.44. The van der Waals surface area contributed by atoms with Gasteiger partial charge in [-0.25, -0.2) is 4.79 Å². The molecular weight excluding hydrogens is 214 g/mol. The van der Waals surface area contributed by atoms with Gasteiger partial charge in [0.25, 0.3) is 5.91 Å². The van der Waals surface area contributed by atoms with Gasteiger partial charge in [-0.15, -0.1) is 0 Å². The van der Waals surface area contributed by atoms with E-state index < -0.39 is 24.5 Å². The minimum Gasteiger partial charge on any atom is -0.467 e. The van der Waals surface area contributed by atoms with Gasteiger partial charge >= 0.3 is 5.97 Å². The van der Waals surface area contributed by atoms with Crippen LogP contribution in [-0.4, -0.2) is 46.9 Å². The molecule has 1 amide bonds. The van der Waals surface area contributed by atoms with Gasteiger partial charge in [-0.1, -0.05) is 0 Å². The number of esters is 1. The summed E-state index contributed by atoms with van der Waals surface area (Å²) >= 11 is 0. The molecule has 1 heterocycles. The van der Waals surface area contributed by atoms with Gasteiger partial charge in [0.2, 0.25) is 0 Å². The Kier molecular flexibility index (Phi) is 4.34. The Morgan fingerprint density at radius 3 is 2.81 bits per heavy atom. The van der Waals surface area contributed by atoms with E-state index in [0.717, 1.165) is 0 Å². The number of hydrogen-bond donors (Lipinski definition) is 2. The number of methoxy groups -OCH3 is 1.